The summed E-state index contributed by atoms with van der Waals surface area (Å²) in [5, 5.41) is 18.6. The second-order valence-corrected chi connectivity index (χ2v) is 9.98. The molecule has 0 N–H and O–H groups in total. The molecule has 196 valence electrons. The highest BCUT2D eigenvalue weighted by atomic mass is 79.9. The van der Waals surface area contributed by atoms with Crippen molar-refractivity contribution in [3.63, 3.8) is 0 Å². The quantitative estimate of drug-likeness (QED) is 0.105. The smallest absolute Gasteiger partial charge is 0.282 e. The molecule has 0 saturated heterocycles. The highest BCUT2D eigenvalue weighted by molar-refractivity contribution is 9.10. The van der Waals surface area contributed by atoms with Crippen molar-refractivity contribution in [3.8, 4) is 5.75 Å². The van der Waals surface area contributed by atoms with E-state index in [0.717, 1.165) is 33.7 Å². The van der Waals surface area contributed by atoms with Crippen LogP contribution in [0.3, 0.4) is 0 Å². The van der Waals surface area contributed by atoms with Gasteiger partial charge in [0.25, 0.3) is 11.2 Å². The number of non-ortho nitro benzene ring substituents is 1. The van der Waals surface area contributed by atoms with Gasteiger partial charge in [-0.3, -0.25) is 14.9 Å². The van der Waals surface area contributed by atoms with Crippen molar-refractivity contribution in [2.24, 2.45) is 5.10 Å². The summed E-state index contributed by atoms with van der Waals surface area (Å²) in [5.74, 6) is 0.938. The van der Waals surface area contributed by atoms with Crippen LogP contribution in [0.15, 0.2) is 93.2 Å². The second kappa shape index (κ2) is 11.6. The molecular weight excluding hydrogens is 560 g/mol. The Morgan fingerprint density at radius 1 is 1.05 bits per heavy atom. The van der Waals surface area contributed by atoms with E-state index >= 15 is 0 Å². The average Bonchev–Trinajstić information content (AvgIpc) is 2.95. The third-order valence-electron chi connectivity index (χ3n) is 6.41. The molecule has 0 radical (unpaired) electrons. The van der Waals surface area contributed by atoms with Crippen LogP contribution in [-0.2, 0) is 13.0 Å². The number of benzene rings is 4. The maximum atomic E-state index is 13.4. The fraction of sp³-hybridized carbons (Fsp3) is 0.167. The number of rotatable bonds is 9. The maximum absolute atomic E-state index is 13.4. The van der Waals surface area contributed by atoms with Crippen LogP contribution in [0, 0.1) is 10.1 Å². The molecule has 1 aromatic heterocycles. The molecule has 8 nitrogen and oxygen atoms in total. The van der Waals surface area contributed by atoms with Crippen LogP contribution in [0.1, 0.15) is 36.7 Å². The van der Waals surface area contributed by atoms with E-state index in [0.29, 0.717) is 34.5 Å². The highest BCUT2D eigenvalue weighted by Gasteiger charge is 2.14. The SMILES string of the molecule is CCCCc1nc2ccc(Br)cc2c(=O)n1N=Cc1cc([N+](=O)[O-])ccc1OCc1cccc2ccccc12. The molecule has 5 rings (SSSR count). The molecule has 0 unspecified atom stereocenters. The number of fused-ring (bicyclic) bond motifs is 2. The van der Waals surface area contributed by atoms with Crippen LogP contribution in [-0.4, -0.2) is 20.8 Å². The number of halogens is 1. The molecule has 0 amide bonds. The first-order valence-electron chi connectivity index (χ1n) is 12.6. The van der Waals surface area contributed by atoms with Gasteiger partial charge in [-0.2, -0.15) is 9.78 Å². The second-order valence-electron chi connectivity index (χ2n) is 9.06. The Hall–Kier alpha value is -4.37. The third-order valence-corrected chi connectivity index (χ3v) is 6.90. The minimum absolute atomic E-state index is 0.104. The molecule has 5 aromatic rings. The van der Waals surface area contributed by atoms with Gasteiger partial charge in [0.1, 0.15) is 18.2 Å². The number of nitrogens with zero attached hydrogens (tertiary/aromatic N) is 4. The van der Waals surface area contributed by atoms with E-state index in [1.807, 2.05) is 48.5 Å². The molecular formula is C30H25BrN4O4. The van der Waals surface area contributed by atoms with E-state index in [-0.39, 0.29) is 17.9 Å². The highest BCUT2D eigenvalue weighted by Crippen LogP contribution is 2.26. The molecule has 0 saturated carbocycles. The van der Waals surface area contributed by atoms with Crippen molar-refractivity contribution in [1.29, 1.82) is 0 Å². The Morgan fingerprint density at radius 3 is 2.69 bits per heavy atom. The Kier molecular flexibility index (Phi) is 7.79. The van der Waals surface area contributed by atoms with Crippen molar-refractivity contribution < 1.29 is 9.66 Å². The molecule has 0 fully saturated rings. The lowest BCUT2D eigenvalue weighted by molar-refractivity contribution is -0.384. The van der Waals surface area contributed by atoms with Gasteiger partial charge >= 0.3 is 0 Å². The van der Waals surface area contributed by atoms with Gasteiger partial charge in [0.05, 0.1) is 22.0 Å². The van der Waals surface area contributed by atoms with Crippen LogP contribution in [0.25, 0.3) is 21.7 Å². The Labute approximate surface area is 232 Å². The normalized spacial score (nSPS) is 11.4. The first-order valence-corrected chi connectivity index (χ1v) is 13.4. The Morgan fingerprint density at radius 2 is 1.87 bits per heavy atom. The number of ether oxygens (including phenoxy) is 1. The number of aromatic nitrogens is 2. The third kappa shape index (κ3) is 5.73. The molecule has 9 heteroatoms. The number of hydrogen-bond acceptors (Lipinski definition) is 6. The fourth-order valence-electron chi connectivity index (χ4n) is 4.39. The van der Waals surface area contributed by atoms with Gasteiger partial charge in [-0.1, -0.05) is 71.7 Å². The van der Waals surface area contributed by atoms with Gasteiger partial charge in [-0.25, -0.2) is 4.98 Å². The molecule has 4 aromatic carbocycles. The molecule has 0 bridgehead atoms. The van der Waals surface area contributed by atoms with Gasteiger partial charge in [0, 0.05) is 28.6 Å². The topological polar surface area (TPSA) is 99.6 Å². The van der Waals surface area contributed by atoms with Crippen molar-refractivity contribution in [2.45, 2.75) is 32.8 Å². The molecule has 0 aliphatic rings. The zero-order valence-electron chi connectivity index (χ0n) is 21.2. The number of aryl methyl sites for hydroxylation is 1. The predicted octanol–water partition coefficient (Wildman–Crippen LogP) is 7.02. The number of nitro benzene ring substituents is 1. The van der Waals surface area contributed by atoms with Crippen molar-refractivity contribution in [3.05, 3.63) is 121 Å². The summed E-state index contributed by atoms with van der Waals surface area (Å²) in [6, 6.07) is 23.7. The summed E-state index contributed by atoms with van der Waals surface area (Å²) in [5.41, 5.74) is 1.54. The minimum atomic E-state index is -0.472. The van der Waals surface area contributed by atoms with Crippen molar-refractivity contribution in [1.82, 2.24) is 9.66 Å². The predicted molar refractivity (Wildman–Crippen MR) is 157 cm³/mol. The molecule has 0 spiro atoms. The van der Waals surface area contributed by atoms with Gasteiger partial charge in [0.2, 0.25) is 0 Å². The number of hydrogen-bond donors (Lipinski definition) is 0. The average molecular weight is 585 g/mol. The van der Waals surface area contributed by atoms with Gasteiger partial charge in [-0.05, 0) is 47.0 Å². The minimum Gasteiger partial charge on any atom is -0.488 e. The van der Waals surface area contributed by atoms with E-state index < -0.39 is 4.92 Å². The van der Waals surface area contributed by atoms with Crippen LogP contribution in [0.2, 0.25) is 0 Å². The largest absolute Gasteiger partial charge is 0.488 e. The lowest BCUT2D eigenvalue weighted by Gasteiger charge is -2.12. The van der Waals surface area contributed by atoms with E-state index in [4.69, 9.17) is 4.74 Å². The van der Waals surface area contributed by atoms with E-state index in [2.05, 4.69) is 32.9 Å². The Bertz CT molecular complexity index is 1780. The first kappa shape index (κ1) is 26.2. The summed E-state index contributed by atoms with van der Waals surface area (Å²) < 4.78 is 8.18. The summed E-state index contributed by atoms with van der Waals surface area (Å²) in [4.78, 5) is 29.2. The number of nitro groups is 1. The summed E-state index contributed by atoms with van der Waals surface area (Å²) in [6.07, 6.45) is 3.75. The van der Waals surface area contributed by atoms with Gasteiger partial charge < -0.3 is 4.74 Å². The van der Waals surface area contributed by atoms with E-state index in [1.54, 1.807) is 18.2 Å². The molecule has 0 aliphatic heterocycles. The van der Waals surface area contributed by atoms with Gasteiger partial charge in [0.15, 0.2) is 0 Å². The first-order chi connectivity index (χ1) is 18.9. The standard InChI is InChI=1S/C30H25BrN4O4/c1-2-3-11-29-33-27-14-12-23(31)17-26(27)30(36)34(29)32-18-22-16-24(35(37)38)13-15-28(22)39-19-21-9-6-8-20-7-4-5-10-25(20)21/h4-10,12-18H,2-3,11,19H2,1H3. The van der Waals surface area contributed by atoms with Crippen LogP contribution < -0.4 is 10.3 Å². The summed E-state index contributed by atoms with van der Waals surface area (Å²) >= 11 is 3.42. The van der Waals surface area contributed by atoms with Crippen molar-refractivity contribution >= 4 is 49.5 Å². The van der Waals surface area contributed by atoms with E-state index in [1.165, 1.54) is 23.0 Å². The Balaban J connectivity index is 1.55. The van der Waals surface area contributed by atoms with E-state index in [9.17, 15) is 14.9 Å². The zero-order chi connectivity index (χ0) is 27.4. The van der Waals surface area contributed by atoms with Gasteiger partial charge in [-0.15, -0.1) is 0 Å². The molecule has 0 aliphatic carbocycles. The molecule has 1 heterocycles. The van der Waals surface area contributed by atoms with Crippen molar-refractivity contribution in [2.75, 3.05) is 0 Å². The number of unbranched alkanes of at least 4 members (excludes halogenated alkanes) is 1. The van der Waals surface area contributed by atoms with Crippen LogP contribution in [0.5, 0.6) is 5.75 Å². The monoisotopic (exact) mass is 584 g/mol. The summed E-state index contributed by atoms with van der Waals surface area (Å²) in [7, 11) is 0. The lowest BCUT2D eigenvalue weighted by Crippen LogP contribution is -2.22. The molecule has 39 heavy (non-hydrogen) atoms. The zero-order valence-corrected chi connectivity index (χ0v) is 22.8. The molecule has 0 atom stereocenters. The maximum Gasteiger partial charge on any atom is 0.282 e. The van der Waals surface area contributed by atoms with Crippen LogP contribution in [0.4, 0.5) is 5.69 Å². The lowest BCUT2D eigenvalue weighted by atomic mass is 10.1. The summed E-state index contributed by atoms with van der Waals surface area (Å²) in [6.45, 7) is 2.32. The van der Waals surface area contributed by atoms with Crippen LogP contribution >= 0.6 is 15.9 Å². The fourth-order valence-corrected chi connectivity index (χ4v) is 4.75.